The molecule has 0 fully saturated rings. The van der Waals surface area contributed by atoms with Gasteiger partial charge in [-0.3, -0.25) is 4.98 Å². The molecule has 0 saturated carbocycles. The molecular weight excluding hydrogens is 475 g/mol. The molecule has 0 radical (unpaired) electrons. The molecule has 0 aliphatic carbocycles. The van der Waals surface area contributed by atoms with E-state index in [2.05, 4.69) is 33.9 Å². The summed E-state index contributed by atoms with van der Waals surface area (Å²) >= 11 is 0. The molecule has 1 atom stereocenters. The zero-order valence-corrected chi connectivity index (χ0v) is 22.0. The number of hydrogen-bond donors (Lipinski definition) is 2. The number of nitrogens with zero attached hydrogens (tertiary/aromatic N) is 3. The number of allylic oxidation sites excluding steroid dienone is 1. The molecule has 8 heteroatoms. The molecule has 4 aromatic rings. The van der Waals surface area contributed by atoms with Crippen molar-refractivity contribution in [3.8, 4) is 0 Å². The van der Waals surface area contributed by atoms with E-state index < -0.39 is 17.2 Å². The first kappa shape index (κ1) is 26.3. The van der Waals surface area contributed by atoms with Crippen molar-refractivity contribution in [3.63, 3.8) is 0 Å². The van der Waals surface area contributed by atoms with Crippen molar-refractivity contribution >= 4 is 10.9 Å². The number of aromatic nitrogens is 3. The molecule has 0 aliphatic heterocycles. The number of pyridine rings is 1. The van der Waals surface area contributed by atoms with Gasteiger partial charge in [-0.05, 0) is 80.6 Å². The van der Waals surface area contributed by atoms with Gasteiger partial charge >= 0.3 is 6.18 Å². The van der Waals surface area contributed by atoms with E-state index in [4.69, 9.17) is 10.7 Å². The summed E-state index contributed by atoms with van der Waals surface area (Å²) in [5, 5.41) is 4.24. The average Bonchev–Trinajstić information content (AvgIpc) is 3.20. The Kier molecular flexibility index (Phi) is 6.79. The molecule has 4 rings (SSSR count). The Hall–Kier alpha value is -3.81. The molecule has 2 aromatic carbocycles. The molecule has 3 N–H and O–H groups in total. The lowest BCUT2D eigenvalue weighted by molar-refractivity contribution is -0.137. The minimum Gasteiger partial charge on any atom is -0.403 e. The lowest BCUT2D eigenvalue weighted by atomic mass is 9.76. The van der Waals surface area contributed by atoms with Crippen LogP contribution >= 0.6 is 0 Å². The first-order valence-corrected chi connectivity index (χ1v) is 12.1. The highest BCUT2D eigenvalue weighted by molar-refractivity contribution is 5.85. The van der Waals surface area contributed by atoms with Crippen LogP contribution in [0.3, 0.4) is 0 Å². The Morgan fingerprint density at radius 3 is 2.24 bits per heavy atom. The fourth-order valence-corrected chi connectivity index (χ4v) is 5.11. The predicted octanol–water partition coefficient (Wildman–Crippen LogP) is 5.83. The van der Waals surface area contributed by atoms with Gasteiger partial charge in [-0.1, -0.05) is 18.2 Å². The number of nitrogens with two attached hydrogens (primary N) is 1. The molecule has 2 heterocycles. The van der Waals surface area contributed by atoms with Crippen molar-refractivity contribution < 1.29 is 13.2 Å². The van der Waals surface area contributed by atoms with Crippen LogP contribution in [0.5, 0.6) is 0 Å². The monoisotopic (exact) mass is 507 g/mol. The Morgan fingerprint density at radius 1 is 1.05 bits per heavy atom. The van der Waals surface area contributed by atoms with Gasteiger partial charge in [0.25, 0.3) is 0 Å². The highest BCUT2D eigenvalue weighted by Crippen LogP contribution is 2.39. The molecule has 0 spiro atoms. The van der Waals surface area contributed by atoms with Gasteiger partial charge in [-0.2, -0.15) is 13.2 Å². The Labute approximate surface area is 215 Å². The molecule has 2 aromatic heterocycles. The van der Waals surface area contributed by atoms with E-state index >= 15 is 0 Å². The largest absolute Gasteiger partial charge is 0.416 e. The van der Waals surface area contributed by atoms with Crippen LogP contribution in [0, 0.1) is 20.8 Å². The van der Waals surface area contributed by atoms with Crippen LogP contribution in [0.1, 0.15) is 52.0 Å². The van der Waals surface area contributed by atoms with Crippen molar-refractivity contribution in [1.29, 1.82) is 0 Å². The van der Waals surface area contributed by atoms with Crippen LogP contribution in [-0.2, 0) is 25.1 Å². The van der Waals surface area contributed by atoms with E-state index in [1.54, 1.807) is 6.20 Å². The Morgan fingerprint density at radius 2 is 1.70 bits per heavy atom. The van der Waals surface area contributed by atoms with Crippen molar-refractivity contribution in [2.75, 3.05) is 7.05 Å². The number of fused-ring (bicyclic) bond motifs is 1. The van der Waals surface area contributed by atoms with Crippen LogP contribution in [-0.4, -0.2) is 21.6 Å². The first-order valence-electron chi connectivity index (χ1n) is 12.1. The van der Waals surface area contributed by atoms with E-state index in [1.807, 2.05) is 47.1 Å². The second-order valence-corrected chi connectivity index (χ2v) is 9.61. The number of likely N-dealkylation sites (N-methyl/N-ethyl adjacent to an activating group) is 1. The number of imidazole rings is 1. The normalized spacial score (nSPS) is 14.1. The topological polar surface area (TPSA) is 68.8 Å². The third-order valence-corrected chi connectivity index (χ3v) is 7.53. The lowest BCUT2D eigenvalue weighted by Crippen LogP contribution is -2.35. The SMILES string of the molecule is CN/C(=C\N)C(C)(c1ccc2nc(C)c(Cc3ccc(C(F)(F)F)cc3)c(C)c2c1)c1cnc(C)n1C. The van der Waals surface area contributed by atoms with Gasteiger partial charge in [0.1, 0.15) is 5.82 Å². The Balaban J connectivity index is 1.85. The first-order chi connectivity index (χ1) is 17.4. The van der Waals surface area contributed by atoms with Gasteiger partial charge in [-0.25, -0.2) is 4.98 Å². The van der Waals surface area contributed by atoms with E-state index in [-0.39, 0.29) is 0 Å². The van der Waals surface area contributed by atoms with Crippen LogP contribution in [0.2, 0.25) is 0 Å². The summed E-state index contributed by atoms with van der Waals surface area (Å²) in [6.07, 6.45) is -0.403. The predicted molar refractivity (Wildman–Crippen MR) is 141 cm³/mol. The van der Waals surface area contributed by atoms with Gasteiger partial charge in [0.05, 0.1) is 22.2 Å². The molecule has 0 bridgehead atoms. The molecule has 0 aliphatic rings. The summed E-state index contributed by atoms with van der Waals surface area (Å²) in [6, 6.07) is 11.5. The van der Waals surface area contributed by atoms with E-state index in [1.165, 1.54) is 12.1 Å². The van der Waals surface area contributed by atoms with E-state index in [9.17, 15) is 13.2 Å². The zero-order chi connectivity index (χ0) is 27.1. The fourth-order valence-electron chi connectivity index (χ4n) is 5.11. The van der Waals surface area contributed by atoms with Crippen molar-refractivity contribution in [1.82, 2.24) is 19.9 Å². The van der Waals surface area contributed by atoms with Crippen molar-refractivity contribution in [3.05, 3.63) is 106 Å². The molecule has 5 nitrogen and oxygen atoms in total. The molecular formula is C29H32F3N5. The quantitative estimate of drug-likeness (QED) is 0.345. The van der Waals surface area contributed by atoms with Gasteiger partial charge in [-0.15, -0.1) is 0 Å². The number of nitrogens with one attached hydrogen (secondary N) is 1. The van der Waals surface area contributed by atoms with Crippen molar-refractivity contribution in [2.24, 2.45) is 12.8 Å². The average molecular weight is 508 g/mol. The third kappa shape index (κ3) is 4.56. The summed E-state index contributed by atoms with van der Waals surface area (Å²) in [5.74, 6) is 0.891. The summed E-state index contributed by atoms with van der Waals surface area (Å²) in [4.78, 5) is 9.36. The summed E-state index contributed by atoms with van der Waals surface area (Å²) in [6.45, 7) is 8.06. The lowest BCUT2D eigenvalue weighted by Gasteiger charge is -2.33. The summed E-state index contributed by atoms with van der Waals surface area (Å²) in [7, 11) is 3.83. The molecule has 1 unspecified atom stereocenters. The highest BCUT2D eigenvalue weighted by atomic mass is 19.4. The summed E-state index contributed by atoms with van der Waals surface area (Å²) in [5.41, 5.74) is 12.2. The standard InChI is InChI=1S/C29H32F3N5/c1-17-23(13-20-7-9-21(10-8-20)29(30,31)32)18(2)36-25-12-11-22(14-24(17)25)28(4,26(15-33)34-5)27-16-35-19(3)37(27)6/h7-12,14-16,34H,13,33H2,1-6H3/b26-15-. The minimum atomic E-state index is -4.35. The smallest absolute Gasteiger partial charge is 0.403 e. The van der Waals surface area contributed by atoms with Gasteiger partial charge in [0.2, 0.25) is 0 Å². The highest BCUT2D eigenvalue weighted by Gasteiger charge is 2.36. The number of rotatable bonds is 6. The second kappa shape index (κ2) is 9.57. The number of halogens is 3. The number of hydrogen-bond acceptors (Lipinski definition) is 4. The maximum absolute atomic E-state index is 13.0. The Bertz CT molecular complexity index is 1480. The minimum absolute atomic E-state index is 0.492. The summed E-state index contributed by atoms with van der Waals surface area (Å²) < 4.78 is 41.1. The van der Waals surface area contributed by atoms with Gasteiger partial charge in [0, 0.05) is 43.3 Å². The molecule has 194 valence electrons. The van der Waals surface area contributed by atoms with E-state index in [0.717, 1.165) is 68.2 Å². The molecule has 0 amide bonds. The van der Waals surface area contributed by atoms with E-state index in [0.29, 0.717) is 6.42 Å². The van der Waals surface area contributed by atoms with Gasteiger partial charge in [0.15, 0.2) is 0 Å². The van der Waals surface area contributed by atoms with Crippen LogP contribution < -0.4 is 11.1 Å². The van der Waals surface area contributed by atoms with Crippen LogP contribution in [0.15, 0.2) is 60.6 Å². The fraction of sp³-hybridized carbons (Fsp3) is 0.310. The second-order valence-electron chi connectivity index (χ2n) is 9.61. The van der Waals surface area contributed by atoms with Crippen molar-refractivity contribution in [2.45, 2.75) is 45.7 Å². The van der Waals surface area contributed by atoms with Crippen LogP contribution in [0.25, 0.3) is 10.9 Å². The number of alkyl halides is 3. The number of aryl methyl sites for hydroxylation is 3. The molecule has 37 heavy (non-hydrogen) atoms. The zero-order valence-electron chi connectivity index (χ0n) is 22.0. The van der Waals surface area contributed by atoms with Crippen LogP contribution in [0.4, 0.5) is 13.2 Å². The third-order valence-electron chi connectivity index (χ3n) is 7.53. The molecule has 0 saturated heterocycles. The number of benzene rings is 2. The maximum atomic E-state index is 13.0. The van der Waals surface area contributed by atoms with Gasteiger partial charge < -0.3 is 15.6 Å². The maximum Gasteiger partial charge on any atom is 0.416 e.